The van der Waals surface area contributed by atoms with E-state index in [4.69, 9.17) is 4.98 Å². The van der Waals surface area contributed by atoms with Gasteiger partial charge in [0.15, 0.2) is 11.5 Å². The number of benzene rings is 2. The highest BCUT2D eigenvalue weighted by Gasteiger charge is 2.31. The first-order valence-electron chi connectivity index (χ1n) is 12.7. The summed E-state index contributed by atoms with van der Waals surface area (Å²) < 4.78 is 2.04. The summed E-state index contributed by atoms with van der Waals surface area (Å²) in [4.78, 5) is 33.7. The normalized spacial score (nSPS) is 17.2. The molecule has 0 spiro atoms. The minimum absolute atomic E-state index is 0.106. The lowest BCUT2D eigenvalue weighted by Crippen LogP contribution is -2.40. The fourth-order valence-corrected chi connectivity index (χ4v) is 5.64. The van der Waals surface area contributed by atoms with E-state index in [9.17, 15) is 9.59 Å². The number of imidazole rings is 1. The second-order valence-electron chi connectivity index (χ2n) is 9.86. The highest BCUT2D eigenvalue weighted by Crippen LogP contribution is 2.30. The number of hydrogen-bond donors (Lipinski definition) is 1. The van der Waals surface area contributed by atoms with Crippen LogP contribution in [0.1, 0.15) is 78.5 Å². The molecule has 34 heavy (non-hydrogen) atoms. The number of amides is 2. The van der Waals surface area contributed by atoms with Crippen molar-refractivity contribution < 1.29 is 9.59 Å². The maximum Gasteiger partial charge on any atom is 0.272 e. The van der Waals surface area contributed by atoms with Gasteiger partial charge in [0.1, 0.15) is 5.82 Å². The summed E-state index contributed by atoms with van der Waals surface area (Å²) in [5.41, 5.74) is 1.14. The fourth-order valence-electron chi connectivity index (χ4n) is 5.64. The largest absolute Gasteiger partial charge is 0.348 e. The topological polar surface area (TPSA) is 67.2 Å². The van der Waals surface area contributed by atoms with Crippen molar-refractivity contribution in [3.8, 4) is 0 Å². The van der Waals surface area contributed by atoms with Crippen LogP contribution in [0.25, 0.3) is 10.8 Å². The predicted octanol–water partition coefficient (Wildman–Crippen LogP) is 5.35. The van der Waals surface area contributed by atoms with E-state index in [0.29, 0.717) is 23.0 Å². The van der Waals surface area contributed by atoms with Crippen LogP contribution in [0, 0.1) is 5.92 Å². The lowest BCUT2D eigenvalue weighted by molar-refractivity contribution is 0.0909. The van der Waals surface area contributed by atoms with Crippen LogP contribution in [0.2, 0.25) is 0 Å². The number of aromatic nitrogens is 2. The molecule has 3 aromatic rings. The van der Waals surface area contributed by atoms with Crippen LogP contribution in [-0.4, -0.2) is 34.5 Å². The van der Waals surface area contributed by atoms with Crippen LogP contribution >= 0.6 is 0 Å². The Labute approximate surface area is 201 Å². The van der Waals surface area contributed by atoms with Crippen molar-refractivity contribution in [1.29, 1.82) is 0 Å². The Morgan fingerprint density at radius 3 is 2.62 bits per heavy atom. The first-order chi connectivity index (χ1) is 16.5. The molecule has 1 aliphatic heterocycles. The highest BCUT2D eigenvalue weighted by atomic mass is 16.2. The summed E-state index contributed by atoms with van der Waals surface area (Å²) in [5, 5.41) is 5.19. The smallest absolute Gasteiger partial charge is 0.272 e. The van der Waals surface area contributed by atoms with Gasteiger partial charge in [0, 0.05) is 31.6 Å². The number of nitrogens with zero attached hydrogens (tertiary/aromatic N) is 3. The molecule has 1 aromatic heterocycles. The van der Waals surface area contributed by atoms with Gasteiger partial charge in [-0.2, -0.15) is 0 Å². The molecule has 0 radical (unpaired) electrons. The van der Waals surface area contributed by atoms with Gasteiger partial charge in [-0.3, -0.25) is 14.5 Å². The van der Waals surface area contributed by atoms with Crippen LogP contribution in [0.3, 0.4) is 0 Å². The molecule has 6 heteroatoms. The molecular formula is C28H34N4O2. The van der Waals surface area contributed by atoms with Crippen LogP contribution in [0.4, 0.5) is 5.82 Å². The average molecular weight is 459 g/mol. The summed E-state index contributed by atoms with van der Waals surface area (Å²) in [6.45, 7) is 2.88. The summed E-state index contributed by atoms with van der Waals surface area (Å²) in [6, 6.07) is 13.8. The lowest BCUT2D eigenvalue weighted by Gasteiger charge is -2.29. The molecule has 1 saturated carbocycles. The van der Waals surface area contributed by atoms with Crippen molar-refractivity contribution in [1.82, 2.24) is 14.9 Å². The van der Waals surface area contributed by atoms with E-state index in [1.54, 1.807) is 11.9 Å². The Balaban J connectivity index is 1.48. The molecule has 1 aliphatic carbocycles. The Bertz CT molecular complexity index is 1200. The number of aryl methyl sites for hydroxylation is 1. The Morgan fingerprint density at radius 2 is 1.79 bits per heavy atom. The minimum atomic E-state index is -0.151. The first-order valence-corrected chi connectivity index (χ1v) is 12.7. The standard InChI is InChI=1S/C28H34N4O2/c1-19(20-11-4-3-5-12-20)29-27(33)25-26(30-24-17-8-9-18-32(24)25)31(2)28(34)23-16-10-14-21-13-6-7-15-22(21)23/h6-7,10,13-16,19-20H,3-5,8-9,11-12,17-18H2,1-2H3,(H,29,33). The van der Waals surface area contributed by atoms with Crippen LogP contribution in [-0.2, 0) is 13.0 Å². The maximum absolute atomic E-state index is 13.7. The molecule has 2 aliphatic rings. The van der Waals surface area contributed by atoms with E-state index in [1.807, 2.05) is 47.0 Å². The molecule has 178 valence electrons. The van der Waals surface area contributed by atoms with Crippen molar-refractivity contribution >= 4 is 28.4 Å². The maximum atomic E-state index is 13.7. The number of carbonyl (C=O) groups is 2. The third-order valence-electron chi connectivity index (χ3n) is 7.63. The molecule has 2 heterocycles. The Kier molecular flexibility index (Phi) is 6.40. The molecule has 1 atom stereocenters. The number of anilines is 1. The molecule has 0 saturated heterocycles. The molecule has 1 N–H and O–H groups in total. The monoisotopic (exact) mass is 458 g/mol. The quantitative estimate of drug-likeness (QED) is 0.561. The molecule has 2 amide bonds. The van der Waals surface area contributed by atoms with Gasteiger partial charge in [0.2, 0.25) is 0 Å². The van der Waals surface area contributed by atoms with E-state index in [0.717, 1.165) is 55.2 Å². The highest BCUT2D eigenvalue weighted by molar-refractivity contribution is 6.15. The van der Waals surface area contributed by atoms with Crippen molar-refractivity contribution in [3.63, 3.8) is 0 Å². The summed E-state index contributed by atoms with van der Waals surface area (Å²) in [7, 11) is 1.74. The molecule has 1 fully saturated rings. The lowest BCUT2D eigenvalue weighted by atomic mass is 9.84. The molecular weight excluding hydrogens is 424 g/mol. The van der Waals surface area contributed by atoms with Crippen molar-refractivity contribution in [2.75, 3.05) is 11.9 Å². The summed E-state index contributed by atoms with van der Waals surface area (Å²) in [5.74, 6) is 1.60. The van der Waals surface area contributed by atoms with Gasteiger partial charge in [-0.25, -0.2) is 4.98 Å². The zero-order valence-corrected chi connectivity index (χ0v) is 20.2. The molecule has 1 unspecified atom stereocenters. The second-order valence-corrected chi connectivity index (χ2v) is 9.86. The SMILES string of the molecule is CC(NC(=O)c1c(N(C)C(=O)c2cccc3ccccc23)nc2n1CCCC2)C1CCCCC1. The van der Waals surface area contributed by atoms with E-state index in [1.165, 1.54) is 19.3 Å². The number of carbonyl (C=O) groups excluding carboxylic acids is 2. The summed E-state index contributed by atoms with van der Waals surface area (Å²) >= 11 is 0. The predicted molar refractivity (Wildman–Crippen MR) is 135 cm³/mol. The average Bonchev–Trinajstić information content (AvgIpc) is 3.27. The van der Waals surface area contributed by atoms with Crippen molar-refractivity contribution in [2.24, 2.45) is 5.92 Å². The van der Waals surface area contributed by atoms with Crippen LogP contribution in [0.5, 0.6) is 0 Å². The van der Waals surface area contributed by atoms with E-state index in [-0.39, 0.29) is 17.9 Å². The van der Waals surface area contributed by atoms with Gasteiger partial charge in [-0.15, -0.1) is 0 Å². The zero-order valence-electron chi connectivity index (χ0n) is 20.2. The third-order valence-corrected chi connectivity index (χ3v) is 7.63. The Hall–Kier alpha value is -3.15. The van der Waals surface area contributed by atoms with Crippen LogP contribution in [0.15, 0.2) is 42.5 Å². The van der Waals surface area contributed by atoms with Gasteiger partial charge >= 0.3 is 0 Å². The number of fused-ring (bicyclic) bond motifs is 2. The van der Waals surface area contributed by atoms with Gasteiger partial charge in [0.05, 0.1) is 0 Å². The van der Waals surface area contributed by atoms with Gasteiger partial charge < -0.3 is 9.88 Å². The third kappa shape index (κ3) is 4.22. The number of hydrogen-bond acceptors (Lipinski definition) is 3. The number of rotatable bonds is 5. The van der Waals surface area contributed by atoms with Crippen molar-refractivity contribution in [3.05, 3.63) is 59.5 Å². The minimum Gasteiger partial charge on any atom is -0.348 e. The molecule has 6 nitrogen and oxygen atoms in total. The van der Waals surface area contributed by atoms with E-state index >= 15 is 0 Å². The van der Waals surface area contributed by atoms with E-state index in [2.05, 4.69) is 12.2 Å². The zero-order chi connectivity index (χ0) is 23.7. The number of nitrogens with one attached hydrogen (secondary N) is 1. The Morgan fingerprint density at radius 1 is 1.03 bits per heavy atom. The summed E-state index contributed by atoms with van der Waals surface area (Å²) in [6.07, 6.45) is 8.99. The van der Waals surface area contributed by atoms with Crippen molar-refractivity contribution in [2.45, 2.75) is 70.9 Å². The molecule has 2 aromatic carbocycles. The molecule has 5 rings (SSSR count). The molecule has 0 bridgehead atoms. The van der Waals surface area contributed by atoms with Crippen LogP contribution < -0.4 is 10.2 Å². The van der Waals surface area contributed by atoms with Gasteiger partial charge in [-0.05, 0) is 55.4 Å². The fraction of sp³-hybridized carbons (Fsp3) is 0.464. The van der Waals surface area contributed by atoms with E-state index < -0.39 is 0 Å². The second kappa shape index (κ2) is 9.61. The van der Waals surface area contributed by atoms with Gasteiger partial charge in [-0.1, -0.05) is 55.7 Å². The van der Waals surface area contributed by atoms with Gasteiger partial charge in [0.25, 0.3) is 11.8 Å². The first kappa shape index (κ1) is 22.6.